The predicted octanol–water partition coefficient (Wildman–Crippen LogP) is 3.90. The van der Waals surface area contributed by atoms with Crippen molar-refractivity contribution in [3.05, 3.63) is 34.9 Å². The van der Waals surface area contributed by atoms with Gasteiger partial charge < -0.3 is 5.11 Å². The van der Waals surface area contributed by atoms with Crippen molar-refractivity contribution in [2.24, 2.45) is 5.92 Å². The average molecular weight is 308 g/mol. The van der Waals surface area contributed by atoms with Gasteiger partial charge in [-0.25, -0.2) is 0 Å². The quantitative estimate of drug-likeness (QED) is 0.915. The largest absolute Gasteiger partial charge is 0.391 e. The molecule has 2 nitrogen and oxygen atoms in total. The van der Waals surface area contributed by atoms with E-state index in [9.17, 15) is 5.11 Å². The molecule has 1 aromatic rings. The molecule has 2 unspecified atom stereocenters. The fourth-order valence-electron chi connectivity index (χ4n) is 3.96. The maximum Gasteiger partial charge on any atom is 0.0695 e. The van der Waals surface area contributed by atoms with E-state index in [-0.39, 0.29) is 6.10 Å². The lowest BCUT2D eigenvalue weighted by molar-refractivity contribution is 0.00406. The Kier molecular flexibility index (Phi) is 5.20. The highest BCUT2D eigenvalue weighted by Gasteiger charge is 2.31. The van der Waals surface area contributed by atoms with Crippen LogP contribution < -0.4 is 0 Å². The Bertz CT molecular complexity index is 439. The first kappa shape index (κ1) is 15.3. The molecule has 0 radical (unpaired) electrons. The van der Waals surface area contributed by atoms with Crippen LogP contribution in [0.25, 0.3) is 0 Å². The molecular weight excluding hydrogens is 282 g/mol. The molecule has 1 saturated carbocycles. The third-order valence-corrected chi connectivity index (χ3v) is 5.50. The predicted molar refractivity (Wildman–Crippen MR) is 87.7 cm³/mol. The minimum absolute atomic E-state index is 0.0911. The van der Waals surface area contributed by atoms with Crippen molar-refractivity contribution in [1.29, 1.82) is 0 Å². The summed E-state index contributed by atoms with van der Waals surface area (Å²) in [7, 11) is 0. The first-order valence-electron chi connectivity index (χ1n) is 8.39. The van der Waals surface area contributed by atoms with Crippen molar-refractivity contribution in [2.45, 2.75) is 57.1 Å². The third-order valence-electron chi connectivity index (χ3n) is 5.25. The average Bonchev–Trinajstić information content (AvgIpc) is 2.51. The lowest BCUT2D eigenvalue weighted by Gasteiger charge is -2.41. The molecule has 1 aliphatic heterocycles. The zero-order valence-corrected chi connectivity index (χ0v) is 13.4. The van der Waals surface area contributed by atoms with Crippen LogP contribution >= 0.6 is 11.6 Å². The number of hydrogen-bond acceptors (Lipinski definition) is 2. The van der Waals surface area contributed by atoms with E-state index >= 15 is 0 Å². The Labute approximate surface area is 133 Å². The van der Waals surface area contributed by atoms with Crippen molar-refractivity contribution in [3.8, 4) is 0 Å². The summed E-state index contributed by atoms with van der Waals surface area (Å²) in [6.07, 6.45) is 8.25. The van der Waals surface area contributed by atoms with Crippen LogP contribution in [0.2, 0.25) is 5.02 Å². The van der Waals surface area contributed by atoms with Gasteiger partial charge in [-0.3, -0.25) is 4.90 Å². The van der Waals surface area contributed by atoms with Crippen LogP contribution in [-0.2, 0) is 6.42 Å². The normalized spacial score (nSPS) is 28.7. The summed E-state index contributed by atoms with van der Waals surface area (Å²) in [5.74, 6) is 0.781. The number of hydrogen-bond donors (Lipinski definition) is 1. The fraction of sp³-hybridized carbons (Fsp3) is 0.667. The van der Waals surface area contributed by atoms with E-state index in [0.29, 0.717) is 6.04 Å². The lowest BCUT2D eigenvalue weighted by atomic mass is 9.86. The summed E-state index contributed by atoms with van der Waals surface area (Å²) in [6.45, 7) is 2.31. The zero-order valence-electron chi connectivity index (χ0n) is 12.7. The highest BCUT2D eigenvalue weighted by Crippen LogP contribution is 2.29. The number of rotatable bonds is 3. The lowest BCUT2D eigenvalue weighted by Crippen LogP contribution is -2.48. The number of benzene rings is 1. The molecular formula is C18H26ClNO. The molecule has 1 aliphatic carbocycles. The number of piperidine rings is 1. The minimum atomic E-state index is -0.0911. The van der Waals surface area contributed by atoms with Gasteiger partial charge in [-0.2, -0.15) is 0 Å². The molecule has 1 saturated heterocycles. The fourth-order valence-corrected chi connectivity index (χ4v) is 4.09. The van der Waals surface area contributed by atoms with E-state index in [1.54, 1.807) is 0 Å². The van der Waals surface area contributed by atoms with Crippen LogP contribution in [0.1, 0.15) is 44.1 Å². The molecule has 3 rings (SSSR count). The summed E-state index contributed by atoms with van der Waals surface area (Å²) in [6, 6.07) is 8.71. The maximum absolute atomic E-state index is 10.2. The van der Waals surface area contributed by atoms with Gasteiger partial charge in [0.25, 0.3) is 0 Å². The Morgan fingerprint density at radius 1 is 1.00 bits per heavy atom. The summed E-state index contributed by atoms with van der Waals surface area (Å²) in [4.78, 5) is 2.54. The zero-order chi connectivity index (χ0) is 14.7. The van der Waals surface area contributed by atoms with Gasteiger partial charge in [0, 0.05) is 11.1 Å². The molecule has 1 N–H and O–H groups in total. The summed E-state index contributed by atoms with van der Waals surface area (Å²) < 4.78 is 0. The van der Waals surface area contributed by atoms with Crippen LogP contribution in [0.3, 0.4) is 0 Å². The van der Waals surface area contributed by atoms with Crippen LogP contribution in [0, 0.1) is 5.92 Å². The topological polar surface area (TPSA) is 23.5 Å². The van der Waals surface area contributed by atoms with Gasteiger partial charge >= 0.3 is 0 Å². The van der Waals surface area contributed by atoms with Crippen molar-refractivity contribution >= 4 is 11.6 Å². The molecule has 21 heavy (non-hydrogen) atoms. The minimum Gasteiger partial charge on any atom is -0.391 e. The molecule has 3 heteroatoms. The maximum atomic E-state index is 10.2. The van der Waals surface area contributed by atoms with Crippen LogP contribution in [0.15, 0.2) is 24.3 Å². The standard InChI is InChI=1S/C18H26ClNO/c19-16-7-5-14(6-8-16)13-15-9-11-20(12-10-15)17-3-1-2-4-18(17)21/h5-8,15,17-18,21H,1-4,9-13H2. The number of likely N-dealkylation sites (tertiary alicyclic amines) is 1. The second kappa shape index (κ2) is 7.13. The number of aliphatic hydroxyl groups excluding tert-OH is 1. The Balaban J connectivity index is 1.49. The molecule has 0 aromatic heterocycles. The van der Waals surface area contributed by atoms with Gasteiger partial charge in [-0.1, -0.05) is 36.6 Å². The van der Waals surface area contributed by atoms with E-state index in [1.165, 1.54) is 37.7 Å². The third kappa shape index (κ3) is 4.00. The van der Waals surface area contributed by atoms with Crippen molar-refractivity contribution < 1.29 is 5.11 Å². The van der Waals surface area contributed by atoms with E-state index in [2.05, 4.69) is 17.0 Å². The highest BCUT2D eigenvalue weighted by atomic mass is 35.5. The Hall–Kier alpha value is -0.570. The van der Waals surface area contributed by atoms with Gasteiger partial charge in [0.2, 0.25) is 0 Å². The Morgan fingerprint density at radius 3 is 2.33 bits per heavy atom. The molecule has 0 amide bonds. The summed E-state index contributed by atoms with van der Waals surface area (Å²) in [5, 5.41) is 11.0. The summed E-state index contributed by atoms with van der Waals surface area (Å²) >= 11 is 5.94. The first-order valence-corrected chi connectivity index (χ1v) is 8.77. The number of aliphatic hydroxyl groups is 1. The van der Waals surface area contributed by atoms with Gasteiger partial charge in [0.15, 0.2) is 0 Å². The SMILES string of the molecule is OC1CCCCC1N1CCC(Cc2ccc(Cl)cc2)CC1. The second-order valence-corrected chi connectivity index (χ2v) is 7.17. The molecule has 2 fully saturated rings. The monoisotopic (exact) mass is 307 g/mol. The molecule has 1 aromatic carbocycles. The highest BCUT2D eigenvalue weighted by molar-refractivity contribution is 6.30. The van der Waals surface area contributed by atoms with Crippen molar-refractivity contribution in [3.63, 3.8) is 0 Å². The Morgan fingerprint density at radius 2 is 1.67 bits per heavy atom. The molecule has 2 atom stereocenters. The van der Waals surface area contributed by atoms with Gasteiger partial charge in [-0.05, 0) is 68.8 Å². The van der Waals surface area contributed by atoms with E-state index in [1.807, 2.05) is 12.1 Å². The molecule has 0 bridgehead atoms. The summed E-state index contributed by atoms with van der Waals surface area (Å²) in [5.41, 5.74) is 1.40. The molecule has 1 heterocycles. The molecule has 2 aliphatic rings. The smallest absolute Gasteiger partial charge is 0.0695 e. The number of halogens is 1. The van der Waals surface area contributed by atoms with Gasteiger partial charge in [0.1, 0.15) is 0 Å². The molecule has 116 valence electrons. The van der Waals surface area contributed by atoms with Crippen LogP contribution in [-0.4, -0.2) is 35.2 Å². The van der Waals surface area contributed by atoms with E-state index in [4.69, 9.17) is 11.6 Å². The van der Waals surface area contributed by atoms with Crippen molar-refractivity contribution in [1.82, 2.24) is 4.90 Å². The van der Waals surface area contributed by atoms with Gasteiger partial charge in [-0.15, -0.1) is 0 Å². The van der Waals surface area contributed by atoms with Crippen molar-refractivity contribution in [2.75, 3.05) is 13.1 Å². The van der Waals surface area contributed by atoms with E-state index < -0.39 is 0 Å². The first-order chi connectivity index (χ1) is 10.2. The van der Waals surface area contributed by atoms with Crippen LogP contribution in [0.4, 0.5) is 0 Å². The molecule has 0 spiro atoms. The number of nitrogens with zero attached hydrogens (tertiary/aromatic N) is 1. The van der Waals surface area contributed by atoms with Gasteiger partial charge in [0.05, 0.1) is 6.10 Å². The second-order valence-electron chi connectivity index (χ2n) is 6.73. The van der Waals surface area contributed by atoms with E-state index in [0.717, 1.165) is 36.9 Å². The van der Waals surface area contributed by atoms with Crippen LogP contribution in [0.5, 0.6) is 0 Å².